The Bertz CT molecular complexity index is 704. The van der Waals surface area contributed by atoms with Crippen molar-refractivity contribution in [3.8, 4) is 5.75 Å². The molecule has 116 valence electrons. The lowest BCUT2D eigenvalue weighted by Gasteiger charge is -2.09. The fourth-order valence-corrected chi connectivity index (χ4v) is 2.97. The van der Waals surface area contributed by atoms with Gasteiger partial charge in [-0.3, -0.25) is 0 Å². The topological polar surface area (TPSA) is 58.6 Å². The number of aromatic hydroxyl groups is 1. The summed E-state index contributed by atoms with van der Waals surface area (Å²) in [6.45, 7) is 4.53. The molecule has 2 aromatic rings. The summed E-state index contributed by atoms with van der Waals surface area (Å²) in [5.41, 5.74) is 3.50. The number of esters is 1. The van der Waals surface area contributed by atoms with Gasteiger partial charge in [-0.2, -0.15) is 0 Å². The summed E-state index contributed by atoms with van der Waals surface area (Å²) in [5.74, 6) is 0.00926. The van der Waals surface area contributed by atoms with Crippen molar-refractivity contribution in [1.29, 1.82) is 0 Å². The Balaban J connectivity index is 1.78. The first-order valence-corrected chi connectivity index (χ1v) is 8.24. The molecule has 1 saturated carbocycles. The van der Waals surface area contributed by atoms with Gasteiger partial charge in [0, 0.05) is 11.1 Å². The molecule has 4 nitrogen and oxygen atoms in total. The van der Waals surface area contributed by atoms with E-state index < -0.39 is 5.97 Å². The molecule has 1 heterocycles. The van der Waals surface area contributed by atoms with Crippen LogP contribution in [0.1, 0.15) is 34.3 Å². The number of carbonyl (C=O) groups excluding carboxylic acids is 1. The number of thiophene rings is 1. The highest BCUT2D eigenvalue weighted by Crippen LogP contribution is 2.37. The van der Waals surface area contributed by atoms with E-state index in [1.54, 1.807) is 5.38 Å². The van der Waals surface area contributed by atoms with Crippen LogP contribution in [0.15, 0.2) is 23.6 Å². The maximum atomic E-state index is 12.2. The molecule has 0 aliphatic heterocycles. The number of hydrogen-bond acceptors (Lipinski definition) is 5. The monoisotopic (exact) mass is 317 g/mol. The maximum Gasteiger partial charge on any atom is 0.344 e. The summed E-state index contributed by atoms with van der Waals surface area (Å²) in [6.07, 6.45) is 2.24. The Labute approximate surface area is 133 Å². The molecule has 0 spiro atoms. The lowest BCUT2D eigenvalue weighted by Crippen LogP contribution is -2.08. The van der Waals surface area contributed by atoms with E-state index in [2.05, 4.69) is 12.2 Å². The van der Waals surface area contributed by atoms with E-state index >= 15 is 0 Å². The van der Waals surface area contributed by atoms with E-state index in [9.17, 15) is 9.90 Å². The molecule has 0 atom stereocenters. The van der Waals surface area contributed by atoms with Crippen LogP contribution < -0.4 is 5.32 Å². The van der Waals surface area contributed by atoms with Crippen molar-refractivity contribution in [2.24, 2.45) is 5.92 Å². The van der Waals surface area contributed by atoms with Crippen LogP contribution in [-0.4, -0.2) is 17.7 Å². The predicted molar refractivity (Wildman–Crippen MR) is 88.2 cm³/mol. The molecule has 1 aromatic heterocycles. The molecule has 2 N–H and O–H groups in total. The van der Waals surface area contributed by atoms with Gasteiger partial charge < -0.3 is 15.2 Å². The Morgan fingerprint density at radius 2 is 2.14 bits per heavy atom. The quantitative estimate of drug-likeness (QED) is 0.803. The average Bonchev–Trinajstić information content (AvgIpc) is 3.24. The standard InChI is InChI=1S/C17H19NO3S/c1-10-3-6-13(7-11(10)2)18-16-15(14(19)9-22-16)17(20)21-8-12-4-5-12/h3,6-7,9,12,18-19H,4-5,8H2,1-2H3. The SMILES string of the molecule is Cc1ccc(Nc2scc(O)c2C(=O)OCC2CC2)cc1C. The van der Waals surface area contributed by atoms with Gasteiger partial charge >= 0.3 is 5.97 Å². The molecule has 5 heteroatoms. The number of benzene rings is 1. The molecule has 0 amide bonds. The summed E-state index contributed by atoms with van der Waals surface area (Å²) in [7, 11) is 0. The van der Waals surface area contributed by atoms with Gasteiger partial charge in [-0.25, -0.2) is 4.79 Å². The van der Waals surface area contributed by atoms with Crippen LogP contribution in [-0.2, 0) is 4.74 Å². The van der Waals surface area contributed by atoms with Gasteiger partial charge in [0.25, 0.3) is 0 Å². The van der Waals surface area contributed by atoms with Gasteiger partial charge in [-0.1, -0.05) is 6.07 Å². The van der Waals surface area contributed by atoms with E-state index in [-0.39, 0.29) is 11.3 Å². The highest BCUT2D eigenvalue weighted by molar-refractivity contribution is 7.15. The number of anilines is 2. The minimum absolute atomic E-state index is 0.0304. The number of aryl methyl sites for hydroxylation is 2. The summed E-state index contributed by atoms with van der Waals surface area (Å²) in [6, 6.07) is 6.00. The molecular formula is C17H19NO3S. The van der Waals surface area contributed by atoms with E-state index in [4.69, 9.17) is 4.74 Å². The van der Waals surface area contributed by atoms with Crippen molar-refractivity contribution in [3.05, 3.63) is 40.3 Å². The van der Waals surface area contributed by atoms with Crippen molar-refractivity contribution in [3.63, 3.8) is 0 Å². The van der Waals surface area contributed by atoms with E-state index in [1.165, 1.54) is 22.5 Å². The molecule has 0 bridgehead atoms. The van der Waals surface area contributed by atoms with Crippen LogP contribution in [0, 0.1) is 19.8 Å². The van der Waals surface area contributed by atoms with Gasteiger partial charge in [-0.15, -0.1) is 11.3 Å². The van der Waals surface area contributed by atoms with Crippen LogP contribution in [0.4, 0.5) is 10.7 Å². The van der Waals surface area contributed by atoms with Crippen molar-refractivity contribution in [2.75, 3.05) is 11.9 Å². The largest absolute Gasteiger partial charge is 0.506 e. The third kappa shape index (κ3) is 3.25. The second-order valence-electron chi connectivity index (χ2n) is 5.79. The second kappa shape index (κ2) is 6.01. The molecule has 1 fully saturated rings. The molecule has 0 unspecified atom stereocenters. The smallest absolute Gasteiger partial charge is 0.344 e. The normalized spacial score (nSPS) is 13.9. The number of hydrogen-bond donors (Lipinski definition) is 2. The van der Waals surface area contributed by atoms with E-state index in [1.807, 2.05) is 25.1 Å². The van der Waals surface area contributed by atoms with Crippen LogP contribution in [0.2, 0.25) is 0 Å². The minimum atomic E-state index is -0.461. The van der Waals surface area contributed by atoms with Crippen molar-refractivity contribution in [1.82, 2.24) is 0 Å². The van der Waals surface area contributed by atoms with Gasteiger partial charge in [-0.05, 0) is 55.9 Å². The molecular weight excluding hydrogens is 298 g/mol. The minimum Gasteiger partial charge on any atom is -0.506 e. The Morgan fingerprint density at radius 1 is 1.36 bits per heavy atom. The molecule has 1 aliphatic carbocycles. The highest BCUT2D eigenvalue weighted by atomic mass is 32.1. The summed E-state index contributed by atoms with van der Waals surface area (Å²) in [5, 5.41) is 15.3. The maximum absolute atomic E-state index is 12.2. The average molecular weight is 317 g/mol. The zero-order valence-electron chi connectivity index (χ0n) is 12.7. The zero-order valence-corrected chi connectivity index (χ0v) is 13.5. The Morgan fingerprint density at radius 3 is 2.82 bits per heavy atom. The molecule has 1 aromatic carbocycles. The number of rotatable bonds is 5. The van der Waals surface area contributed by atoms with Crippen molar-refractivity contribution < 1.29 is 14.6 Å². The van der Waals surface area contributed by atoms with E-state index in [0.717, 1.165) is 18.5 Å². The zero-order chi connectivity index (χ0) is 15.7. The molecule has 0 saturated heterocycles. The number of nitrogens with one attached hydrogen (secondary N) is 1. The van der Waals surface area contributed by atoms with Crippen LogP contribution in [0.3, 0.4) is 0 Å². The summed E-state index contributed by atoms with van der Waals surface area (Å²) >= 11 is 1.30. The number of carbonyl (C=O) groups is 1. The first kappa shape index (κ1) is 14.9. The van der Waals surface area contributed by atoms with Gasteiger partial charge in [0.15, 0.2) is 0 Å². The fourth-order valence-electron chi connectivity index (χ4n) is 2.14. The van der Waals surface area contributed by atoms with Gasteiger partial charge in [0.2, 0.25) is 0 Å². The second-order valence-corrected chi connectivity index (χ2v) is 6.67. The lowest BCUT2D eigenvalue weighted by molar-refractivity contribution is 0.0485. The Kier molecular flexibility index (Phi) is 4.07. The molecule has 1 aliphatic rings. The summed E-state index contributed by atoms with van der Waals surface area (Å²) < 4.78 is 5.28. The van der Waals surface area contributed by atoms with E-state index in [0.29, 0.717) is 17.5 Å². The van der Waals surface area contributed by atoms with Crippen LogP contribution >= 0.6 is 11.3 Å². The van der Waals surface area contributed by atoms with Gasteiger partial charge in [0.1, 0.15) is 16.3 Å². The molecule has 0 radical (unpaired) electrons. The molecule has 22 heavy (non-hydrogen) atoms. The fraction of sp³-hybridized carbons (Fsp3) is 0.353. The highest BCUT2D eigenvalue weighted by Gasteiger charge is 2.26. The lowest BCUT2D eigenvalue weighted by atomic mass is 10.1. The Hall–Kier alpha value is -2.01. The third-order valence-electron chi connectivity index (χ3n) is 3.89. The first-order chi connectivity index (χ1) is 10.5. The van der Waals surface area contributed by atoms with Crippen LogP contribution in [0.25, 0.3) is 0 Å². The number of ether oxygens (including phenoxy) is 1. The van der Waals surface area contributed by atoms with Crippen LogP contribution in [0.5, 0.6) is 5.75 Å². The third-order valence-corrected chi connectivity index (χ3v) is 4.77. The van der Waals surface area contributed by atoms with Gasteiger partial charge in [0.05, 0.1) is 6.61 Å². The predicted octanol–water partition coefficient (Wildman–Crippen LogP) is 4.38. The summed E-state index contributed by atoms with van der Waals surface area (Å²) in [4.78, 5) is 12.2. The first-order valence-electron chi connectivity index (χ1n) is 7.36. The van der Waals surface area contributed by atoms with Crippen molar-refractivity contribution >= 4 is 28.0 Å². The molecule has 3 rings (SSSR count). The van der Waals surface area contributed by atoms with Crippen molar-refractivity contribution in [2.45, 2.75) is 26.7 Å².